The summed E-state index contributed by atoms with van der Waals surface area (Å²) >= 11 is 56.2. The van der Waals surface area contributed by atoms with Gasteiger partial charge in [0.2, 0.25) is 0 Å². The lowest BCUT2D eigenvalue weighted by atomic mass is 9.84. The van der Waals surface area contributed by atoms with Crippen molar-refractivity contribution in [2.75, 3.05) is 31.4 Å². The van der Waals surface area contributed by atoms with Crippen LogP contribution in [0.25, 0.3) is 120 Å². The normalized spacial score (nSPS) is 13.0. The minimum absolute atomic E-state index is 0.143. The average molecular weight is 1960 g/mol. The van der Waals surface area contributed by atoms with Crippen molar-refractivity contribution >= 4 is 255 Å². The Labute approximate surface area is 797 Å². The van der Waals surface area contributed by atoms with E-state index in [0.29, 0.717) is 144 Å². The molecule has 33 heteroatoms. The van der Waals surface area contributed by atoms with E-state index >= 15 is 0 Å². The van der Waals surface area contributed by atoms with Crippen LogP contribution in [0, 0.1) is 5.92 Å². The number of carbonyl (C=O) groups is 5. The van der Waals surface area contributed by atoms with Crippen molar-refractivity contribution in [3.8, 4) is 22.6 Å². The van der Waals surface area contributed by atoms with Crippen LogP contribution in [-0.2, 0) is 63.1 Å². The van der Waals surface area contributed by atoms with Crippen LogP contribution in [0.15, 0.2) is 206 Å². The lowest BCUT2D eigenvalue weighted by Crippen LogP contribution is -2.19. The van der Waals surface area contributed by atoms with Gasteiger partial charge in [-0.2, -0.15) is 0 Å². The number of fused-ring (bicyclic) bond motifs is 10. The molecule has 11 aromatic carbocycles. The number of carboxylic acids is 5. The number of carboxylic acid groups (broad SMARTS) is 5. The van der Waals surface area contributed by atoms with E-state index in [0.717, 1.165) is 47.3 Å². The van der Waals surface area contributed by atoms with Gasteiger partial charge < -0.3 is 68.5 Å². The van der Waals surface area contributed by atoms with Crippen LogP contribution in [0.4, 0.5) is 11.4 Å². The first kappa shape index (κ1) is 96.0. The second-order valence-electron chi connectivity index (χ2n) is 31.9. The molecule has 0 radical (unpaired) electrons. The van der Waals surface area contributed by atoms with Gasteiger partial charge in [0.25, 0.3) is 0 Å². The molecule has 0 spiro atoms. The number of aromatic nitrogens is 5. The van der Waals surface area contributed by atoms with E-state index in [2.05, 4.69) is 10.6 Å². The van der Waals surface area contributed by atoms with E-state index in [1.807, 2.05) is 73.7 Å². The van der Waals surface area contributed by atoms with Crippen LogP contribution in [-0.4, -0.2) is 105 Å². The van der Waals surface area contributed by atoms with E-state index in [9.17, 15) is 73.5 Å². The van der Waals surface area contributed by atoms with Crippen molar-refractivity contribution in [3.63, 3.8) is 0 Å². The second-order valence-corrected chi connectivity index (χ2v) is 35.4. The van der Waals surface area contributed by atoms with Gasteiger partial charge in [-0.3, -0.25) is 47.9 Å². The fourth-order valence-corrected chi connectivity index (χ4v) is 19.6. The Kier molecular flexibility index (Phi) is 30.4. The molecule has 5 aromatic heterocycles. The lowest BCUT2D eigenvalue weighted by Gasteiger charge is -2.22. The molecule has 0 unspecified atom stereocenters. The highest BCUT2D eigenvalue weighted by atomic mass is 35.5. The van der Waals surface area contributed by atoms with E-state index in [1.54, 1.807) is 118 Å². The molecule has 0 bridgehead atoms. The minimum atomic E-state index is -1.05. The lowest BCUT2D eigenvalue weighted by molar-refractivity contribution is -0.138. The number of hydrogen-bond acceptors (Lipinski definition) is 14. The zero-order valence-corrected chi connectivity index (χ0v) is 77.8. The number of rotatable bonds is 19. The van der Waals surface area contributed by atoms with E-state index < -0.39 is 29.8 Å². The average Bonchev–Trinajstić information content (AvgIpc) is 0.771. The summed E-state index contributed by atoms with van der Waals surface area (Å²) in [5.41, 5.74) is 7.91. The zero-order chi connectivity index (χ0) is 94.4. The topological polar surface area (TPSA) is 339 Å². The maximum absolute atomic E-state index is 13.2. The second kappa shape index (κ2) is 41.8. The number of methoxy groups -OCH3 is 2. The van der Waals surface area contributed by atoms with Crippen molar-refractivity contribution in [2.45, 2.75) is 123 Å². The van der Waals surface area contributed by atoms with Gasteiger partial charge in [-0.1, -0.05) is 205 Å². The summed E-state index contributed by atoms with van der Waals surface area (Å²) in [4.78, 5) is 122. The highest BCUT2D eigenvalue weighted by molar-refractivity contribution is 6.47. The third kappa shape index (κ3) is 20.3. The minimum Gasteiger partial charge on any atom is -0.497 e. The molecule has 16 aromatic rings. The smallest absolute Gasteiger partial charge is 0.323 e. The molecular weight excluding hydrogens is 1880 g/mol. The summed E-state index contributed by atoms with van der Waals surface area (Å²) in [6, 6.07) is 52.6. The highest BCUT2D eigenvalue weighted by Gasteiger charge is 2.26. The summed E-state index contributed by atoms with van der Waals surface area (Å²) in [5.74, 6) is -3.62. The van der Waals surface area contributed by atoms with Crippen molar-refractivity contribution in [2.24, 2.45) is 5.92 Å². The molecule has 2 saturated carbocycles. The molecule has 2 fully saturated rings. The van der Waals surface area contributed by atoms with Gasteiger partial charge in [-0.15, -0.1) is 0 Å². The Bertz CT molecular complexity index is 7680. The molecule has 18 rings (SSSR count). The van der Waals surface area contributed by atoms with Gasteiger partial charge in [0.15, 0.2) is 27.1 Å². The molecule has 0 aliphatic heterocycles. The van der Waals surface area contributed by atoms with Crippen molar-refractivity contribution in [3.05, 3.63) is 284 Å². The Morgan fingerprint density at radius 1 is 0.341 bits per heavy atom. The number of anilines is 2. The fourth-order valence-electron chi connectivity index (χ4n) is 17.6. The van der Waals surface area contributed by atoms with Crippen LogP contribution in [0.5, 0.6) is 11.5 Å². The number of hydrogen-bond donors (Lipinski definition) is 7. The maximum atomic E-state index is 13.2. The van der Waals surface area contributed by atoms with E-state index in [1.165, 1.54) is 91.8 Å². The first-order valence-corrected chi connectivity index (χ1v) is 45.5. The number of halogens is 9. The molecule has 0 saturated heterocycles. The first-order valence-electron chi connectivity index (χ1n) is 42.1. The SMILES string of the molecule is CCNc1ccc2c(=O)c3ccc(Cl)c(Cl)c3n(CC(=O)O)c2c1.COc1ccc2c(=O)c3ccc(OC)c(Cl)c3n(CC(=O)O)c2c1.O=C(O)Cn1c2cc(NC3CCCCCC3)ccc2c(=O)c2ccc(Cl)c(Cl)c21.O=C(O)Cn1c2ccc(-c3ccccc3)cc2c(=O)c2ccc(Cl)c(Cl)c21.O=C(O)Cn1c2ccc(CC3CCCCC3)cc2c(=O)c2ccc(Cl)c(Cl)c21. The van der Waals surface area contributed by atoms with Crippen LogP contribution in [0.3, 0.4) is 0 Å². The predicted octanol–water partition coefficient (Wildman–Crippen LogP) is 23.5. The van der Waals surface area contributed by atoms with Crippen molar-refractivity contribution in [1.82, 2.24) is 22.8 Å². The molecule has 680 valence electrons. The third-order valence-electron chi connectivity index (χ3n) is 23.5. The molecule has 24 nitrogen and oxygen atoms in total. The largest absolute Gasteiger partial charge is 0.497 e. The Hall–Kier alpha value is -12.1. The van der Waals surface area contributed by atoms with Crippen LogP contribution in [0.1, 0.15) is 83.1 Å². The quantitative estimate of drug-likeness (QED) is 0.0292. The monoisotopic (exact) mass is 1960 g/mol. The van der Waals surface area contributed by atoms with Crippen LogP contribution < -0.4 is 47.3 Å². The highest BCUT2D eigenvalue weighted by Crippen LogP contribution is 2.41. The molecule has 2 aliphatic carbocycles. The fraction of sp³-hybridized carbons (Fsp3) is 0.232. The van der Waals surface area contributed by atoms with Crippen molar-refractivity contribution in [1.29, 1.82) is 0 Å². The van der Waals surface area contributed by atoms with Gasteiger partial charge in [-0.05, 0) is 182 Å². The Morgan fingerprint density at radius 3 is 1.12 bits per heavy atom. The van der Waals surface area contributed by atoms with Gasteiger partial charge in [0.05, 0.1) is 110 Å². The number of aliphatic carboxylic acids is 5. The Morgan fingerprint density at radius 2 is 0.697 bits per heavy atom. The number of benzene rings is 11. The number of nitrogens with zero attached hydrogens (tertiary/aromatic N) is 5. The molecule has 2 aliphatic rings. The summed E-state index contributed by atoms with van der Waals surface area (Å²) < 4.78 is 18.1. The number of nitrogens with one attached hydrogen (secondary N) is 2. The first-order chi connectivity index (χ1) is 63.3. The Balaban J connectivity index is 0.000000133. The summed E-state index contributed by atoms with van der Waals surface area (Å²) in [7, 11) is 2.95. The van der Waals surface area contributed by atoms with E-state index in [4.69, 9.17) is 114 Å². The predicted molar refractivity (Wildman–Crippen MR) is 530 cm³/mol. The molecule has 0 atom stereocenters. The van der Waals surface area contributed by atoms with Gasteiger partial charge in [0, 0.05) is 83.9 Å². The van der Waals surface area contributed by atoms with Gasteiger partial charge in [0.1, 0.15) is 49.2 Å². The van der Waals surface area contributed by atoms with Crippen LogP contribution in [0.2, 0.25) is 45.2 Å². The molecule has 7 N–H and O–H groups in total. The summed E-state index contributed by atoms with van der Waals surface area (Å²) in [5, 5.41) is 59.6. The summed E-state index contributed by atoms with van der Waals surface area (Å²) in [6.07, 6.45) is 14.4. The van der Waals surface area contributed by atoms with E-state index in [-0.39, 0.29) is 100 Å². The number of pyridine rings is 5. The van der Waals surface area contributed by atoms with Gasteiger partial charge >= 0.3 is 29.8 Å². The zero-order valence-electron chi connectivity index (χ0n) is 71.0. The summed E-state index contributed by atoms with van der Waals surface area (Å²) in [6.45, 7) is 1.02. The standard InChI is InChI=1S/C22H22Cl2N2O3.C22H21Cl2NO3.C21H13Cl2NO3.C17H14Cl2N2O3.C17H14ClNO5/c23-17-10-9-16-21(20(17)24)26(12-19(27)28)18-11-14(7-8-15(18)22(16)29)25-13-5-3-1-2-4-6-13;23-17-8-7-15-21(20(17)24)25(12-19(26)27)18-9-6-14(11-16(18)22(15)28)10-13-4-2-1-3-5-13;22-16-8-7-14-20(19(16)23)24(11-18(25)26)17-9-6-13(10-15(17)21(14)27)12-4-2-1-3-5-12;1-2-20-9-3-4-10-13(7-9)21(8-14(22)23)16-11(17(10)24)5-6-12(18)15(16)19;1-23-9-3-4-10-12(7-9)19(8-14(20)21)16-11(17(10)22)5-6-13(24-2)15(16)18/h7-11,13,25H,1-6,12H2,(H,27,28);6-9,11,13H,1-5,10,12H2,(H,26,27);1-10H,11H2,(H,25,26);3-7,20H,2,8H2,1H3,(H,22,23);3-7H,8H2,1-2H3,(H,20,21). The van der Waals surface area contributed by atoms with Crippen LogP contribution >= 0.6 is 104 Å². The molecular formula is C99H84Cl9N7O17. The van der Waals surface area contributed by atoms with Gasteiger partial charge in [-0.25, -0.2) is 0 Å². The third-order valence-corrected chi connectivity index (χ3v) is 27.1. The van der Waals surface area contributed by atoms with Crippen molar-refractivity contribution < 1.29 is 59.0 Å². The number of ether oxygens (including phenoxy) is 2. The molecule has 5 heterocycles. The molecule has 132 heavy (non-hydrogen) atoms. The maximum Gasteiger partial charge on any atom is 0.323 e. The molecule has 0 amide bonds.